The summed E-state index contributed by atoms with van der Waals surface area (Å²) in [5.74, 6) is 0. The first-order valence-electron chi connectivity index (χ1n) is 7.47. The molecule has 0 aliphatic carbocycles. The van der Waals surface area contributed by atoms with Crippen molar-refractivity contribution in [1.82, 2.24) is 10.2 Å². The fourth-order valence-electron chi connectivity index (χ4n) is 2.38. The smallest absolute Gasteiger partial charge is 0.346 e. The lowest BCUT2D eigenvalue weighted by molar-refractivity contribution is 0.563. The first kappa shape index (κ1) is 16.3. The van der Waals surface area contributed by atoms with Crippen molar-refractivity contribution >= 4 is 44.7 Å². The van der Waals surface area contributed by atoms with Gasteiger partial charge < -0.3 is 9.73 Å². The molecular formula is C18H9ClN4O2S. The molecule has 1 N–H and O–H groups in total. The molecule has 0 spiro atoms. The summed E-state index contributed by atoms with van der Waals surface area (Å²) in [5, 5.41) is 22.3. The number of benzene rings is 2. The Balaban J connectivity index is 1.67. The molecule has 126 valence electrons. The largest absolute Gasteiger partial charge is 0.422 e. The Morgan fingerprint density at radius 2 is 1.92 bits per heavy atom. The summed E-state index contributed by atoms with van der Waals surface area (Å²) >= 11 is 7.22. The minimum Gasteiger partial charge on any atom is -0.422 e. The molecule has 0 saturated heterocycles. The highest BCUT2D eigenvalue weighted by Gasteiger charge is 2.13. The number of fused-ring (bicyclic) bond motifs is 1. The Morgan fingerprint density at radius 3 is 2.69 bits per heavy atom. The maximum atomic E-state index is 12.2. The van der Waals surface area contributed by atoms with Gasteiger partial charge in [-0.3, -0.25) is 0 Å². The lowest BCUT2D eigenvalue weighted by atomic mass is 10.2. The lowest BCUT2D eigenvalue weighted by Gasteiger charge is -2.01. The number of hydrogen-bond donors (Lipinski definition) is 1. The number of nitrogens with one attached hydrogen (secondary N) is 1. The van der Waals surface area contributed by atoms with Crippen LogP contribution in [0.1, 0.15) is 5.56 Å². The second kappa shape index (κ2) is 6.59. The van der Waals surface area contributed by atoms with Crippen LogP contribution in [-0.4, -0.2) is 10.2 Å². The van der Waals surface area contributed by atoms with Crippen LogP contribution in [0.15, 0.2) is 57.7 Å². The van der Waals surface area contributed by atoms with Crippen molar-refractivity contribution in [3.8, 4) is 16.6 Å². The summed E-state index contributed by atoms with van der Waals surface area (Å²) in [6, 6.07) is 15.7. The van der Waals surface area contributed by atoms with Gasteiger partial charge in [-0.2, -0.15) is 5.26 Å². The summed E-state index contributed by atoms with van der Waals surface area (Å²) in [5.41, 5.74) is 1.64. The molecule has 2 aromatic carbocycles. The van der Waals surface area contributed by atoms with Crippen molar-refractivity contribution in [2.45, 2.75) is 0 Å². The predicted molar refractivity (Wildman–Crippen MR) is 101 cm³/mol. The summed E-state index contributed by atoms with van der Waals surface area (Å²) in [7, 11) is 0. The number of halogens is 1. The lowest BCUT2D eigenvalue weighted by Crippen LogP contribution is -2.02. The molecule has 0 aliphatic rings. The van der Waals surface area contributed by atoms with E-state index in [-0.39, 0.29) is 0 Å². The zero-order chi connectivity index (χ0) is 18.1. The fourth-order valence-corrected chi connectivity index (χ4v) is 3.33. The minimum atomic E-state index is -0.485. The van der Waals surface area contributed by atoms with E-state index < -0.39 is 5.63 Å². The molecule has 0 fully saturated rings. The Bertz CT molecular complexity index is 1210. The zero-order valence-corrected chi connectivity index (χ0v) is 14.6. The van der Waals surface area contributed by atoms with Crippen LogP contribution in [0.2, 0.25) is 5.02 Å². The monoisotopic (exact) mass is 380 g/mol. The minimum absolute atomic E-state index is 0.324. The molecule has 0 unspecified atom stereocenters. The average molecular weight is 381 g/mol. The van der Waals surface area contributed by atoms with E-state index >= 15 is 0 Å². The highest BCUT2D eigenvalue weighted by Crippen LogP contribution is 2.29. The number of aromatic nitrogens is 2. The summed E-state index contributed by atoms with van der Waals surface area (Å²) in [6.45, 7) is 0. The van der Waals surface area contributed by atoms with Gasteiger partial charge in [0.1, 0.15) is 5.58 Å². The molecule has 2 aromatic heterocycles. The number of nitriles is 1. The molecule has 2 heterocycles. The van der Waals surface area contributed by atoms with Crippen molar-refractivity contribution in [2.24, 2.45) is 0 Å². The molecule has 0 amide bonds. The van der Waals surface area contributed by atoms with Gasteiger partial charge >= 0.3 is 5.63 Å². The highest BCUT2D eigenvalue weighted by molar-refractivity contribution is 7.18. The highest BCUT2D eigenvalue weighted by atomic mass is 35.5. The van der Waals surface area contributed by atoms with E-state index in [9.17, 15) is 4.79 Å². The van der Waals surface area contributed by atoms with Crippen LogP contribution in [0, 0.1) is 11.3 Å². The van der Waals surface area contributed by atoms with Crippen LogP contribution in [0.5, 0.6) is 0 Å². The SMILES string of the molecule is N#Cc1ccc(Nc2nnc(-c3cc4cc(Cl)ccc4oc3=O)s2)cc1. The van der Waals surface area contributed by atoms with E-state index in [1.807, 2.05) is 0 Å². The third kappa shape index (κ3) is 3.16. The van der Waals surface area contributed by atoms with Gasteiger partial charge in [-0.05, 0) is 48.5 Å². The number of hydrogen-bond acceptors (Lipinski definition) is 7. The van der Waals surface area contributed by atoms with Crippen molar-refractivity contribution in [3.05, 3.63) is 69.5 Å². The molecule has 0 atom stereocenters. The Morgan fingerprint density at radius 1 is 1.12 bits per heavy atom. The Kier molecular flexibility index (Phi) is 4.13. The van der Waals surface area contributed by atoms with Crippen LogP contribution in [0.3, 0.4) is 0 Å². The van der Waals surface area contributed by atoms with E-state index in [1.54, 1.807) is 48.5 Å². The van der Waals surface area contributed by atoms with Gasteiger partial charge in [0, 0.05) is 16.1 Å². The normalized spacial score (nSPS) is 10.6. The molecule has 6 nitrogen and oxygen atoms in total. The Labute approximate surface area is 156 Å². The van der Waals surface area contributed by atoms with Gasteiger partial charge in [-0.15, -0.1) is 10.2 Å². The first-order chi connectivity index (χ1) is 12.6. The number of rotatable bonds is 3. The second-order valence-corrected chi connectivity index (χ2v) is 6.77. The van der Waals surface area contributed by atoms with Crippen LogP contribution in [0.4, 0.5) is 10.8 Å². The van der Waals surface area contributed by atoms with E-state index in [0.29, 0.717) is 37.3 Å². The maximum absolute atomic E-state index is 12.2. The third-order valence-corrected chi connectivity index (χ3v) is 4.72. The quantitative estimate of drug-likeness (QED) is 0.523. The van der Waals surface area contributed by atoms with Gasteiger partial charge in [0.25, 0.3) is 0 Å². The molecule has 26 heavy (non-hydrogen) atoms. The van der Waals surface area contributed by atoms with Crippen molar-refractivity contribution in [2.75, 3.05) is 5.32 Å². The molecule has 4 rings (SSSR count). The van der Waals surface area contributed by atoms with Gasteiger partial charge in [0.2, 0.25) is 5.13 Å². The van der Waals surface area contributed by atoms with Crippen LogP contribution in [0.25, 0.3) is 21.5 Å². The maximum Gasteiger partial charge on any atom is 0.346 e. The molecule has 0 saturated carbocycles. The fraction of sp³-hybridized carbons (Fsp3) is 0. The summed E-state index contributed by atoms with van der Waals surface area (Å²) < 4.78 is 5.33. The third-order valence-electron chi connectivity index (χ3n) is 3.61. The summed E-state index contributed by atoms with van der Waals surface area (Å²) in [4.78, 5) is 12.2. The molecule has 0 aliphatic heterocycles. The number of nitrogens with zero attached hydrogens (tertiary/aromatic N) is 3. The standard InChI is InChI=1S/C18H9ClN4O2S/c19-12-3-6-15-11(7-12)8-14(17(24)25-15)16-22-23-18(26-16)21-13-4-1-10(9-20)2-5-13/h1-8H,(H,21,23). The summed E-state index contributed by atoms with van der Waals surface area (Å²) in [6.07, 6.45) is 0. The van der Waals surface area contributed by atoms with Crippen molar-refractivity contribution in [3.63, 3.8) is 0 Å². The number of anilines is 2. The van der Waals surface area contributed by atoms with Gasteiger partial charge in [0.05, 0.1) is 17.2 Å². The van der Waals surface area contributed by atoms with E-state index in [1.165, 1.54) is 11.3 Å². The zero-order valence-electron chi connectivity index (χ0n) is 13.1. The molecule has 0 radical (unpaired) electrons. The van der Waals surface area contributed by atoms with Gasteiger partial charge in [-0.1, -0.05) is 22.9 Å². The molecule has 8 heteroatoms. The van der Waals surface area contributed by atoms with Gasteiger partial charge in [-0.25, -0.2) is 4.79 Å². The van der Waals surface area contributed by atoms with Crippen LogP contribution in [-0.2, 0) is 0 Å². The van der Waals surface area contributed by atoms with E-state index in [0.717, 1.165) is 5.69 Å². The van der Waals surface area contributed by atoms with E-state index in [2.05, 4.69) is 21.6 Å². The first-order valence-corrected chi connectivity index (χ1v) is 8.66. The molecule has 4 aromatic rings. The molecular weight excluding hydrogens is 372 g/mol. The molecule has 0 bridgehead atoms. The Hall–Kier alpha value is -3.21. The van der Waals surface area contributed by atoms with Crippen LogP contribution < -0.4 is 10.9 Å². The van der Waals surface area contributed by atoms with Crippen LogP contribution >= 0.6 is 22.9 Å². The average Bonchev–Trinajstić information content (AvgIpc) is 3.10. The van der Waals surface area contributed by atoms with Crippen molar-refractivity contribution < 1.29 is 4.42 Å². The predicted octanol–water partition coefficient (Wildman–Crippen LogP) is 4.58. The topological polar surface area (TPSA) is 91.8 Å². The van der Waals surface area contributed by atoms with E-state index in [4.69, 9.17) is 21.3 Å². The van der Waals surface area contributed by atoms with Crippen molar-refractivity contribution in [1.29, 1.82) is 5.26 Å². The second-order valence-electron chi connectivity index (χ2n) is 5.36. The van der Waals surface area contributed by atoms with Gasteiger partial charge in [0.15, 0.2) is 5.01 Å².